The van der Waals surface area contributed by atoms with Gasteiger partial charge in [0, 0.05) is 5.69 Å². The van der Waals surface area contributed by atoms with Crippen LogP contribution in [0.5, 0.6) is 5.75 Å². The molecule has 0 fully saturated rings. The highest BCUT2D eigenvalue weighted by atomic mass is 16.5. The average molecular weight is 375 g/mol. The van der Waals surface area contributed by atoms with E-state index < -0.39 is 11.6 Å². The first-order chi connectivity index (χ1) is 12.7. The van der Waals surface area contributed by atoms with Gasteiger partial charge in [-0.2, -0.15) is 5.26 Å². The molecule has 0 aliphatic heterocycles. The van der Waals surface area contributed by atoms with Gasteiger partial charge in [0.2, 0.25) is 0 Å². The van der Waals surface area contributed by atoms with Gasteiger partial charge in [-0.25, -0.2) is 0 Å². The highest BCUT2D eigenvalue weighted by Gasteiger charge is 2.34. The molecule has 0 heterocycles. The SMILES string of the molecule is CC[NH+](CC(=O)Nc1ccc(OC)cc1)[C@@H](C)C(=O)N[C@@](C)(C#N)C(C)C. The summed E-state index contributed by atoms with van der Waals surface area (Å²) in [5.41, 5.74) is -0.263. The molecule has 2 amide bonds. The molecule has 148 valence electrons. The Morgan fingerprint density at radius 3 is 2.30 bits per heavy atom. The van der Waals surface area contributed by atoms with Gasteiger partial charge in [-0.1, -0.05) is 13.8 Å². The second-order valence-electron chi connectivity index (χ2n) is 7.15. The Bertz CT molecular complexity index is 681. The summed E-state index contributed by atoms with van der Waals surface area (Å²) in [7, 11) is 1.58. The van der Waals surface area contributed by atoms with E-state index in [9.17, 15) is 14.9 Å². The Morgan fingerprint density at radius 1 is 1.26 bits per heavy atom. The summed E-state index contributed by atoms with van der Waals surface area (Å²) in [6, 6.07) is 8.78. The normalized spacial score (nSPS) is 15.2. The van der Waals surface area contributed by atoms with Crippen molar-refractivity contribution in [3.8, 4) is 11.8 Å². The third-order valence-electron chi connectivity index (χ3n) is 4.99. The lowest BCUT2D eigenvalue weighted by molar-refractivity contribution is -0.904. The van der Waals surface area contributed by atoms with Gasteiger partial charge in [0.15, 0.2) is 12.6 Å². The molecule has 1 aromatic rings. The van der Waals surface area contributed by atoms with Crippen LogP contribution in [0.4, 0.5) is 5.69 Å². The van der Waals surface area contributed by atoms with Gasteiger partial charge in [0.25, 0.3) is 11.8 Å². The second-order valence-corrected chi connectivity index (χ2v) is 7.15. The summed E-state index contributed by atoms with van der Waals surface area (Å²) in [6.45, 7) is 9.95. The van der Waals surface area contributed by atoms with Crippen LogP contribution in [0.1, 0.15) is 34.6 Å². The second kappa shape index (κ2) is 9.93. The number of anilines is 1. The molecule has 0 saturated carbocycles. The summed E-state index contributed by atoms with van der Waals surface area (Å²) < 4.78 is 5.10. The van der Waals surface area contributed by atoms with E-state index in [0.717, 1.165) is 4.90 Å². The van der Waals surface area contributed by atoms with Crippen LogP contribution in [0.15, 0.2) is 24.3 Å². The minimum absolute atomic E-state index is 0.0258. The van der Waals surface area contributed by atoms with Gasteiger partial charge < -0.3 is 20.3 Å². The molecule has 3 atom stereocenters. The first-order valence-electron chi connectivity index (χ1n) is 9.18. The maximum atomic E-state index is 12.6. The summed E-state index contributed by atoms with van der Waals surface area (Å²) in [4.78, 5) is 25.8. The van der Waals surface area contributed by atoms with Crippen molar-refractivity contribution in [3.05, 3.63) is 24.3 Å². The number of hydrogen-bond acceptors (Lipinski definition) is 4. The first-order valence-corrected chi connectivity index (χ1v) is 9.18. The summed E-state index contributed by atoms with van der Waals surface area (Å²) in [6.07, 6.45) is 0. The van der Waals surface area contributed by atoms with Crippen LogP contribution >= 0.6 is 0 Å². The van der Waals surface area contributed by atoms with Crippen LogP contribution in [0.2, 0.25) is 0 Å². The van der Waals surface area contributed by atoms with E-state index >= 15 is 0 Å². The van der Waals surface area contributed by atoms with Crippen LogP contribution in [0.3, 0.4) is 0 Å². The number of carbonyl (C=O) groups excluding carboxylic acids is 2. The predicted molar refractivity (Wildman–Crippen MR) is 104 cm³/mol. The van der Waals surface area contributed by atoms with E-state index in [-0.39, 0.29) is 24.3 Å². The Kier molecular flexibility index (Phi) is 8.26. The molecule has 0 aliphatic carbocycles. The molecule has 0 aliphatic rings. The number of carbonyl (C=O) groups is 2. The number of hydrogen-bond donors (Lipinski definition) is 3. The van der Waals surface area contributed by atoms with E-state index in [1.165, 1.54) is 0 Å². The van der Waals surface area contributed by atoms with Gasteiger partial charge in [0.1, 0.15) is 11.3 Å². The standard InChI is InChI=1S/C20H30N4O3/c1-7-24(15(4)19(26)23-20(5,13-21)14(2)3)12-18(25)22-16-8-10-17(27-6)11-9-16/h8-11,14-15H,7,12H2,1-6H3,(H,22,25)(H,23,26)/p+1/t15-,20-/m0/s1. The molecule has 7 heteroatoms. The Morgan fingerprint density at radius 2 is 1.85 bits per heavy atom. The molecular weight excluding hydrogens is 344 g/mol. The number of likely N-dealkylation sites (N-methyl/N-ethyl adjacent to an activating group) is 1. The number of nitrogens with one attached hydrogen (secondary N) is 3. The molecule has 1 aromatic carbocycles. The van der Waals surface area contributed by atoms with Crippen molar-refractivity contribution in [1.29, 1.82) is 5.26 Å². The van der Waals surface area contributed by atoms with E-state index in [1.54, 1.807) is 45.2 Å². The predicted octanol–water partition coefficient (Wildman–Crippen LogP) is 0.981. The molecule has 0 spiro atoms. The van der Waals surface area contributed by atoms with E-state index in [2.05, 4.69) is 16.7 Å². The summed E-state index contributed by atoms with van der Waals surface area (Å²) in [5.74, 6) is 0.275. The Hall–Kier alpha value is -2.59. The topological polar surface area (TPSA) is 95.7 Å². The molecule has 0 radical (unpaired) electrons. The average Bonchev–Trinajstić information content (AvgIpc) is 2.65. The number of amides is 2. The lowest BCUT2D eigenvalue weighted by Gasteiger charge is -2.30. The van der Waals surface area contributed by atoms with E-state index in [4.69, 9.17) is 4.74 Å². The van der Waals surface area contributed by atoms with Crippen molar-refractivity contribution >= 4 is 17.5 Å². The van der Waals surface area contributed by atoms with Gasteiger partial charge in [-0.3, -0.25) is 9.59 Å². The molecule has 0 saturated heterocycles. The van der Waals surface area contributed by atoms with Crippen LogP contribution in [0, 0.1) is 17.2 Å². The smallest absolute Gasteiger partial charge is 0.279 e. The first kappa shape index (κ1) is 22.5. The Labute approximate surface area is 161 Å². The number of quaternary nitrogens is 1. The van der Waals surface area contributed by atoms with Gasteiger partial charge >= 0.3 is 0 Å². The molecule has 0 aromatic heterocycles. The van der Waals surface area contributed by atoms with Crippen LogP contribution in [-0.2, 0) is 9.59 Å². The minimum Gasteiger partial charge on any atom is -0.497 e. The molecule has 3 N–H and O–H groups in total. The zero-order valence-electron chi connectivity index (χ0n) is 17.1. The highest BCUT2D eigenvalue weighted by Crippen LogP contribution is 2.15. The monoisotopic (exact) mass is 375 g/mol. The number of rotatable bonds is 9. The fourth-order valence-corrected chi connectivity index (χ4v) is 2.52. The minimum atomic E-state index is -0.935. The summed E-state index contributed by atoms with van der Waals surface area (Å²) in [5, 5.41) is 15.0. The number of nitrogens with zero attached hydrogens (tertiary/aromatic N) is 1. The maximum Gasteiger partial charge on any atom is 0.279 e. The number of benzene rings is 1. The van der Waals surface area contributed by atoms with Gasteiger partial charge in [0.05, 0.1) is 19.7 Å². The molecule has 1 unspecified atom stereocenters. The van der Waals surface area contributed by atoms with Gasteiger partial charge in [-0.05, 0) is 51.0 Å². The van der Waals surface area contributed by atoms with E-state index in [0.29, 0.717) is 18.0 Å². The number of methoxy groups -OCH3 is 1. The van der Waals surface area contributed by atoms with Crippen molar-refractivity contribution in [2.24, 2.45) is 5.92 Å². The maximum absolute atomic E-state index is 12.6. The highest BCUT2D eigenvalue weighted by molar-refractivity contribution is 5.91. The van der Waals surface area contributed by atoms with E-state index in [1.807, 2.05) is 20.8 Å². The molecular formula is C20H31N4O3+. The fraction of sp³-hybridized carbons (Fsp3) is 0.550. The third kappa shape index (κ3) is 6.26. The van der Waals surface area contributed by atoms with Crippen LogP contribution in [-0.4, -0.2) is 43.6 Å². The van der Waals surface area contributed by atoms with Crippen molar-refractivity contribution in [3.63, 3.8) is 0 Å². The molecule has 27 heavy (non-hydrogen) atoms. The van der Waals surface area contributed by atoms with Crippen molar-refractivity contribution in [2.75, 3.05) is 25.5 Å². The number of nitriles is 1. The largest absolute Gasteiger partial charge is 0.497 e. The van der Waals surface area contributed by atoms with Crippen LogP contribution < -0.4 is 20.3 Å². The summed E-state index contributed by atoms with van der Waals surface area (Å²) >= 11 is 0. The molecule has 1 rings (SSSR count). The fourth-order valence-electron chi connectivity index (χ4n) is 2.52. The zero-order chi connectivity index (χ0) is 20.6. The Balaban J connectivity index is 2.71. The van der Waals surface area contributed by atoms with Crippen molar-refractivity contribution in [1.82, 2.24) is 5.32 Å². The quantitative estimate of drug-likeness (QED) is 0.600. The molecule has 7 nitrogen and oxygen atoms in total. The lowest BCUT2D eigenvalue weighted by atomic mass is 9.89. The van der Waals surface area contributed by atoms with Gasteiger partial charge in [-0.15, -0.1) is 0 Å². The number of ether oxygens (including phenoxy) is 1. The molecule has 0 bridgehead atoms. The van der Waals surface area contributed by atoms with Crippen molar-refractivity contribution in [2.45, 2.75) is 46.2 Å². The zero-order valence-corrected chi connectivity index (χ0v) is 17.1. The van der Waals surface area contributed by atoms with Crippen LogP contribution in [0.25, 0.3) is 0 Å². The lowest BCUT2D eigenvalue weighted by Crippen LogP contribution is -3.17. The van der Waals surface area contributed by atoms with Crippen molar-refractivity contribution < 1.29 is 19.2 Å². The third-order valence-corrected chi connectivity index (χ3v) is 4.99.